The van der Waals surface area contributed by atoms with Crippen molar-refractivity contribution >= 4 is 29.1 Å². The van der Waals surface area contributed by atoms with Gasteiger partial charge in [0, 0.05) is 43.0 Å². The summed E-state index contributed by atoms with van der Waals surface area (Å²) in [6.45, 7) is 1.45. The average Bonchev–Trinajstić information content (AvgIpc) is 3.10. The smallest absolute Gasteiger partial charge is 0.325 e. The van der Waals surface area contributed by atoms with Crippen molar-refractivity contribution in [2.24, 2.45) is 0 Å². The molecule has 0 saturated carbocycles. The summed E-state index contributed by atoms with van der Waals surface area (Å²) in [5, 5.41) is 2.50. The molecule has 0 unspecified atom stereocenters. The molecule has 2 aromatic rings. The second kappa shape index (κ2) is 6.68. The van der Waals surface area contributed by atoms with Crippen LogP contribution in [0.3, 0.4) is 0 Å². The summed E-state index contributed by atoms with van der Waals surface area (Å²) in [6, 6.07) is 5.36. The van der Waals surface area contributed by atoms with Gasteiger partial charge in [-0.1, -0.05) is 6.07 Å². The van der Waals surface area contributed by atoms with E-state index in [-0.39, 0.29) is 24.0 Å². The number of hydrogen-bond donors (Lipinski definition) is 1. The summed E-state index contributed by atoms with van der Waals surface area (Å²) in [4.78, 5) is 35.2. The Morgan fingerprint density at radius 3 is 2.90 bits per heavy atom. The Morgan fingerprint density at radius 1 is 1.21 bits per heavy atom. The van der Waals surface area contributed by atoms with E-state index in [4.69, 9.17) is 0 Å². The first kappa shape index (κ1) is 17.8. The number of rotatable bonds is 0. The first-order valence-electron chi connectivity index (χ1n) is 9.57. The van der Waals surface area contributed by atoms with Crippen LogP contribution in [-0.4, -0.2) is 47.5 Å². The fourth-order valence-electron chi connectivity index (χ4n) is 4.41. The fourth-order valence-corrected chi connectivity index (χ4v) is 4.41. The zero-order chi connectivity index (χ0) is 20.1. The van der Waals surface area contributed by atoms with Gasteiger partial charge in [-0.25, -0.2) is 18.6 Å². The number of nitrogens with zero attached hydrogens (tertiary/aromatic N) is 4. The molecule has 5 rings (SSSR count). The number of carbonyl (C=O) groups excluding carboxylic acids is 2. The van der Waals surface area contributed by atoms with E-state index in [2.05, 4.69) is 15.2 Å². The predicted molar refractivity (Wildman–Crippen MR) is 103 cm³/mol. The number of halogens is 2. The van der Waals surface area contributed by atoms with Crippen LogP contribution in [-0.2, 0) is 11.3 Å². The molecule has 1 aromatic carbocycles. The van der Waals surface area contributed by atoms with E-state index in [9.17, 15) is 18.4 Å². The van der Waals surface area contributed by atoms with Crippen LogP contribution < -0.4 is 15.1 Å². The van der Waals surface area contributed by atoms with Crippen LogP contribution in [0, 0.1) is 11.6 Å². The van der Waals surface area contributed by atoms with E-state index in [1.54, 1.807) is 11.1 Å². The van der Waals surface area contributed by atoms with Gasteiger partial charge < -0.3 is 15.1 Å². The molecular weight excluding hydrogens is 380 g/mol. The number of fused-ring (bicyclic) bond motifs is 4. The van der Waals surface area contributed by atoms with Crippen molar-refractivity contribution < 1.29 is 18.4 Å². The van der Waals surface area contributed by atoms with E-state index >= 15 is 0 Å². The van der Waals surface area contributed by atoms with Crippen molar-refractivity contribution in [1.82, 2.24) is 9.88 Å². The number of nitrogens with one attached hydrogen (secondary N) is 1. The average molecular weight is 399 g/mol. The van der Waals surface area contributed by atoms with Crippen LogP contribution in [0.25, 0.3) is 0 Å². The summed E-state index contributed by atoms with van der Waals surface area (Å²) >= 11 is 0. The highest BCUT2D eigenvalue weighted by atomic mass is 19.2. The fraction of sp³-hybridized carbons (Fsp3) is 0.350. The molecule has 9 heteroatoms. The lowest BCUT2D eigenvalue weighted by Gasteiger charge is -2.34. The van der Waals surface area contributed by atoms with Gasteiger partial charge in [-0.2, -0.15) is 0 Å². The van der Waals surface area contributed by atoms with Crippen LogP contribution in [0.15, 0.2) is 30.5 Å². The van der Waals surface area contributed by atoms with Gasteiger partial charge in [0.05, 0.1) is 17.9 Å². The molecule has 1 fully saturated rings. The van der Waals surface area contributed by atoms with Crippen molar-refractivity contribution in [2.45, 2.75) is 25.4 Å². The lowest BCUT2D eigenvalue weighted by Crippen LogP contribution is -2.50. The van der Waals surface area contributed by atoms with E-state index in [0.29, 0.717) is 13.1 Å². The first-order valence-corrected chi connectivity index (χ1v) is 9.57. The highest BCUT2D eigenvalue weighted by Gasteiger charge is 2.37. The number of benzene rings is 1. The minimum atomic E-state index is -1.07. The third kappa shape index (κ3) is 2.97. The molecule has 1 N–H and O–H groups in total. The Labute approximate surface area is 165 Å². The highest BCUT2D eigenvalue weighted by Crippen LogP contribution is 2.35. The highest BCUT2D eigenvalue weighted by molar-refractivity contribution is 6.09. The largest absolute Gasteiger partial charge is 0.352 e. The van der Waals surface area contributed by atoms with E-state index in [0.717, 1.165) is 42.9 Å². The minimum absolute atomic E-state index is 0.0906. The van der Waals surface area contributed by atoms with Gasteiger partial charge in [0.1, 0.15) is 12.4 Å². The molecule has 0 spiro atoms. The second-order valence-corrected chi connectivity index (χ2v) is 7.56. The minimum Gasteiger partial charge on any atom is -0.352 e. The summed E-state index contributed by atoms with van der Waals surface area (Å²) in [5.74, 6) is -1.70. The van der Waals surface area contributed by atoms with Gasteiger partial charge in [0.15, 0.2) is 11.6 Å². The molecule has 3 aliphatic rings. The van der Waals surface area contributed by atoms with Gasteiger partial charge in [-0.05, 0) is 18.9 Å². The lowest BCUT2D eigenvalue weighted by atomic mass is 10.1. The van der Waals surface area contributed by atoms with Crippen molar-refractivity contribution in [2.75, 3.05) is 34.8 Å². The number of anilines is 3. The molecule has 1 saturated heterocycles. The summed E-state index contributed by atoms with van der Waals surface area (Å²) in [5.41, 5.74) is 1.18. The summed E-state index contributed by atoms with van der Waals surface area (Å²) < 4.78 is 27.5. The summed E-state index contributed by atoms with van der Waals surface area (Å²) in [7, 11) is 0. The number of carbonyl (C=O) groups is 2. The number of hydrogen-bond acceptors (Lipinski definition) is 4. The first-order chi connectivity index (χ1) is 14.0. The van der Waals surface area contributed by atoms with Crippen LogP contribution >= 0.6 is 0 Å². The maximum absolute atomic E-state index is 13.9. The molecule has 0 radical (unpaired) electrons. The molecular formula is C20H19F2N5O2. The van der Waals surface area contributed by atoms with Crippen LogP contribution in [0.1, 0.15) is 18.4 Å². The maximum atomic E-state index is 13.9. The molecule has 1 atom stereocenters. The zero-order valence-corrected chi connectivity index (χ0v) is 15.6. The normalized spacial score (nSPS) is 20.6. The topological polar surface area (TPSA) is 68.8 Å². The quantitative estimate of drug-likeness (QED) is 0.740. The Hall–Kier alpha value is -3.23. The van der Waals surface area contributed by atoms with Gasteiger partial charge in [0.2, 0.25) is 5.91 Å². The number of amides is 3. The molecule has 4 heterocycles. The van der Waals surface area contributed by atoms with Crippen molar-refractivity contribution in [1.29, 1.82) is 0 Å². The monoisotopic (exact) mass is 399 g/mol. The molecule has 3 amide bonds. The molecule has 7 nitrogen and oxygen atoms in total. The van der Waals surface area contributed by atoms with Gasteiger partial charge in [-0.3, -0.25) is 9.69 Å². The number of urea groups is 1. The SMILES string of the molecule is O=C1CN(C(=O)N2Cc3cccnc3N3CCC[C@@H]3C2)c2cc(F)c(F)cc2N1. The lowest BCUT2D eigenvalue weighted by molar-refractivity contribution is -0.115. The third-order valence-electron chi connectivity index (χ3n) is 5.72. The van der Waals surface area contributed by atoms with Crippen molar-refractivity contribution in [3.05, 3.63) is 47.7 Å². The Bertz CT molecular complexity index is 1010. The number of aromatic nitrogens is 1. The zero-order valence-electron chi connectivity index (χ0n) is 15.6. The molecule has 0 aliphatic carbocycles. The molecule has 0 bridgehead atoms. The van der Waals surface area contributed by atoms with Gasteiger partial charge in [-0.15, -0.1) is 0 Å². The molecule has 150 valence electrons. The Morgan fingerprint density at radius 2 is 2.03 bits per heavy atom. The van der Waals surface area contributed by atoms with Crippen LogP contribution in [0.2, 0.25) is 0 Å². The van der Waals surface area contributed by atoms with Crippen molar-refractivity contribution in [3.8, 4) is 0 Å². The van der Waals surface area contributed by atoms with E-state index in [1.807, 2.05) is 12.1 Å². The second-order valence-electron chi connectivity index (χ2n) is 7.56. The third-order valence-corrected chi connectivity index (χ3v) is 5.72. The van der Waals surface area contributed by atoms with Crippen LogP contribution in [0.4, 0.5) is 30.8 Å². The van der Waals surface area contributed by atoms with E-state index < -0.39 is 23.6 Å². The standard InChI is InChI=1S/C20H19F2N5O2/c21-14-7-16-17(8-15(14)22)27(11-18(28)24-16)20(29)25-9-12-3-1-5-23-19(12)26-6-2-4-13(26)10-25/h1,3,5,7-8,13H,2,4,6,9-11H2,(H,24,28)/t13-/m1/s1. The number of pyridine rings is 1. The molecule has 1 aromatic heterocycles. The van der Waals surface area contributed by atoms with Crippen molar-refractivity contribution in [3.63, 3.8) is 0 Å². The maximum Gasteiger partial charge on any atom is 0.325 e. The predicted octanol–water partition coefficient (Wildman–Crippen LogP) is 2.72. The Kier molecular flexibility index (Phi) is 4.11. The van der Waals surface area contributed by atoms with E-state index in [1.165, 1.54) is 4.90 Å². The summed E-state index contributed by atoms with van der Waals surface area (Å²) in [6.07, 6.45) is 3.70. The molecule has 29 heavy (non-hydrogen) atoms. The molecule has 3 aliphatic heterocycles. The van der Waals surface area contributed by atoms with Crippen LogP contribution in [0.5, 0.6) is 0 Å². The van der Waals surface area contributed by atoms with Gasteiger partial charge in [0.25, 0.3) is 0 Å². The Balaban J connectivity index is 1.51. The van der Waals surface area contributed by atoms with Gasteiger partial charge >= 0.3 is 6.03 Å².